The van der Waals surface area contributed by atoms with Crippen LogP contribution in [0.4, 0.5) is 9.18 Å². The van der Waals surface area contributed by atoms with Gasteiger partial charge < -0.3 is 10.4 Å². The van der Waals surface area contributed by atoms with Gasteiger partial charge in [0.05, 0.1) is 0 Å². The largest absolute Gasteiger partial charge is 0.465 e. The number of benzene rings is 1. The highest BCUT2D eigenvalue weighted by atomic mass is 32.2. The molecule has 0 unspecified atom stereocenters. The van der Waals surface area contributed by atoms with Gasteiger partial charge in [0.15, 0.2) is 0 Å². The third-order valence-electron chi connectivity index (χ3n) is 2.01. The van der Waals surface area contributed by atoms with E-state index >= 15 is 0 Å². The first kappa shape index (κ1) is 14.9. The van der Waals surface area contributed by atoms with E-state index in [0.717, 1.165) is 4.90 Å². The van der Waals surface area contributed by atoms with Crippen LogP contribution in [-0.4, -0.2) is 29.8 Å². The Hall–Kier alpha value is -1.14. The van der Waals surface area contributed by atoms with Gasteiger partial charge in [0.25, 0.3) is 0 Å². The SMILES string of the molecule is CSc1ccc(SCC(F)=CCNC(=O)O)cc1. The van der Waals surface area contributed by atoms with Crippen LogP contribution in [0.2, 0.25) is 0 Å². The van der Waals surface area contributed by atoms with Gasteiger partial charge in [0, 0.05) is 22.1 Å². The molecule has 0 aliphatic heterocycles. The molecule has 18 heavy (non-hydrogen) atoms. The van der Waals surface area contributed by atoms with Crippen molar-refractivity contribution in [3.8, 4) is 0 Å². The second-order valence-corrected chi connectivity index (χ2v) is 5.23. The summed E-state index contributed by atoms with van der Waals surface area (Å²) in [5.74, 6) is -0.123. The Morgan fingerprint density at radius 2 is 2.00 bits per heavy atom. The Kier molecular flexibility index (Phi) is 6.67. The third-order valence-corrected chi connectivity index (χ3v) is 3.78. The number of amides is 1. The summed E-state index contributed by atoms with van der Waals surface area (Å²) in [6.07, 6.45) is 2.08. The van der Waals surface area contributed by atoms with E-state index in [4.69, 9.17) is 5.11 Å². The second kappa shape index (κ2) is 8.05. The monoisotopic (exact) mass is 287 g/mol. The lowest BCUT2D eigenvalue weighted by Crippen LogP contribution is -2.20. The topological polar surface area (TPSA) is 49.3 Å². The lowest BCUT2D eigenvalue weighted by atomic mass is 10.4. The van der Waals surface area contributed by atoms with Crippen molar-refractivity contribution >= 4 is 29.6 Å². The number of hydrogen-bond donors (Lipinski definition) is 2. The summed E-state index contributed by atoms with van der Waals surface area (Å²) < 4.78 is 13.3. The van der Waals surface area contributed by atoms with Gasteiger partial charge in [0.2, 0.25) is 0 Å². The van der Waals surface area contributed by atoms with Crippen LogP contribution in [0.15, 0.2) is 46.0 Å². The minimum atomic E-state index is -1.15. The standard InChI is InChI=1S/C12H14FNO2S2/c1-17-10-2-4-11(5-3-10)18-8-9(13)6-7-14-12(15)16/h2-6,14H,7-8H2,1H3,(H,15,16). The molecule has 0 heterocycles. The minimum Gasteiger partial charge on any atom is -0.465 e. The molecule has 0 bridgehead atoms. The van der Waals surface area contributed by atoms with Crippen LogP contribution in [0.3, 0.4) is 0 Å². The van der Waals surface area contributed by atoms with Crippen molar-refractivity contribution in [2.45, 2.75) is 9.79 Å². The Morgan fingerprint density at radius 1 is 1.39 bits per heavy atom. The number of nitrogens with one attached hydrogen (secondary N) is 1. The normalized spacial score (nSPS) is 11.3. The Bertz CT molecular complexity index is 421. The molecule has 0 saturated carbocycles. The van der Waals surface area contributed by atoms with Crippen LogP contribution in [0.25, 0.3) is 0 Å². The highest BCUT2D eigenvalue weighted by Crippen LogP contribution is 2.23. The molecule has 0 fully saturated rings. The Morgan fingerprint density at radius 3 is 2.56 bits per heavy atom. The zero-order valence-corrected chi connectivity index (χ0v) is 11.5. The van der Waals surface area contributed by atoms with Gasteiger partial charge in [-0.25, -0.2) is 9.18 Å². The molecular formula is C12H14FNO2S2. The molecule has 0 radical (unpaired) electrons. The molecule has 0 aromatic heterocycles. The fraction of sp³-hybridized carbons (Fsp3) is 0.250. The van der Waals surface area contributed by atoms with E-state index in [9.17, 15) is 9.18 Å². The molecule has 3 nitrogen and oxygen atoms in total. The minimum absolute atomic E-state index is 0.00681. The molecular weight excluding hydrogens is 273 g/mol. The first-order valence-corrected chi connectivity index (χ1v) is 7.41. The van der Waals surface area contributed by atoms with E-state index in [1.165, 1.54) is 22.7 Å². The Balaban J connectivity index is 2.36. The maximum Gasteiger partial charge on any atom is 0.404 e. The fourth-order valence-corrected chi connectivity index (χ4v) is 2.29. The van der Waals surface area contributed by atoms with Crippen molar-refractivity contribution in [2.75, 3.05) is 18.6 Å². The summed E-state index contributed by atoms with van der Waals surface area (Å²) in [5.41, 5.74) is 0. The molecule has 1 rings (SSSR count). The van der Waals surface area contributed by atoms with Gasteiger partial charge in [-0.2, -0.15) is 0 Å². The van der Waals surface area contributed by atoms with Gasteiger partial charge in [-0.15, -0.1) is 23.5 Å². The molecule has 0 spiro atoms. The molecule has 1 amide bonds. The maximum absolute atomic E-state index is 13.3. The quantitative estimate of drug-likeness (QED) is 0.785. The number of thioether (sulfide) groups is 2. The van der Waals surface area contributed by atoms with E-state index in [1.54, 1.807) is 11.8 Å². The van der Waals surface area contributed by atoms with E-state index < -0.39 is 6.09 Å². The number of halogens is 1. The molecule has 0 atom stereocenters. The first-order valence-electron chi connectivity index (χ1n) is 5.20. The third kappa shape index (κ3) is 5.97. The smallest absolute Gasteiger partial charge is 0.404 e. The van der Waals surface area contributed by atoms with E-state index in [1.807, 2.05) is 30.5 Å². The zero-order chi connectivity index (χ0) is 13.4. The summed E-state index contributed by atoms with van der Waals surface area (Å²) in [4.78, 5) is 12.3. The summed E-state index contributed by atoms with van der Waals surface area (Å²) in [6.45, 7) is -0.00681. The van der Waals surface area contributed by atoms with Gasteiger partial charge in [-0.05, 0) is 36.6 Å². The van der Waals surface area contributed by atoms with Crippen LogP contribution in [0.1, 0.15) is 0 Å². The summed E-state index contributed by atoms with van der Waals surface area (Å²) in [5, 5.41) is 10.4. The maximum atomic E-state index is 13.3. The lowest BCUT2D eigenvalue weighted by Gasteiger charge is -2.01. The molecule has 2 N–H and O–H groups in total. The van der Waals surface area contributed by atoms with E-state index in [2.05, 4.69) is 5.32 Å². The predicted molar refractivity (Wildman–Crippen MR) is 74.2 cm³/mol. The van der Waals surface area contributed by atoms with Gasteiger partial charge in [-0.1, -0.05) is 0 Å². The fourth-order valence-electron chi connectivity index (χ4n) is 1.13. The van der Waals surface area contributed by atoms with Crippen LogP contribution >= 0.6 is 23.5 Å². The molecule has 6 heteroatoms. The summed E-state index contributed by atoms with van der Waals surface area (Å²) in [6, 6.07) is 7.86. The van der Waals surface area contributed by atoms with Crippen LogP contribution < -0.4 is 5.32 Å². The van der Waals surface area contributed by atoms with Crippen molar-refractivity contribution in [3.63, 3.8) is 0 Å². The van der Waals surface area contributed by atoms with Crippen LogP contribution in [0.5, 0.6) is 0 Å². The molecule has 98 valence electrons. The van der Waals surface area contributed by atoms with E-state index in [-0.39, 0.29) is 18.1 Å². The lowest BCUT2D eigenvalue weighted by molar-refractivity contribution is 0.195. The van der Waals surface area contributed by atoms with Crippen molar-refractivity contribution in [2.24, 2.45) is 0 Å². The zero-order valence-electron chi connectivity index (χ0n) is 9.85. The summed E-state index contributed by atoms with van der Waals surface area (Å²) >= 11 is 3.04. The number of carboxylic acid groups (broad SMARTS) is 1. The van der Waals surface area contributed by atoms with Crippen LogP contribution in [0, 0.1) is 0 Å². The van der Waals surface area contributed by atoms with Crippen molar-refractivity contribution in [1.82, 2.24) is 5.32 Å². The average molecular weight is 287 g/mol. The number of carbonyl (C=O) groups is 1. The molecule has 1 aromatic rings. The second-order valence-electron chi connectivity index (χ2n) is 3.30. The summed E-state index contributed by atoms with van der Waals surface area (Å²) in [7, 11) is 0. The molecule has 0 aliphatic rings. The van der Waals surface area contributed by atoms with Crippen molar-refractivity contribution in [3.05, 3.63) is 36.2 Å². The van der Waals surface area contributed by atoms with Crippen molar-refractivity contribution in [1.29, 1.82) is 0 Å². The molecule has 1 aromatic carbocycles. The number of hydrogen-bond acceptors (Lipinski definition) is 3. The van der Waals surface area contributed by atoms with Crippen molar-refractivity contribution < 1.29 is 14.3 Å². The predicted octanol–water partition coefficient (Wildman–Crippen LogP) is 3.62. The van der Waals surface area contributed by atoms with E-state index in [0.29, 0.717) is 0 Å². The number of rotatable bonds is 6. The Labute approximate surface area is 114 Å². The molecule has 0 aliphatic carbocycles. The highest BCUT2D eigenvalue weighted by molar-refractivity contribution is 7.99. The van der Waals surface area contributed by atoms with Gasteiger partial charge >= 0.3 is 6.09 Å². The highest BCUT2D eigenvalue weighted by Gasteiger charge is 1.99. The van der Waals surface area contributed by atoms with Gasteiger partial charge in [-0.3, -0.25) is 0 Å². The average Bonchev–Trinajstić information content (AvgIpc) is 2.36. The van der Waals surface area contributed by atoms with Crippen LogP contribution in [-0.2, 0) is 0 Å². The first-order chi connectivity index (χ1) is 8.61. The molecule has 0 saturated heterocycles. The van der Waals surface area contributed by atoms with Gasteiger partial charge in [0.1, 0.15) is 5.83 Å².